The quantitative estimate of drug-likeness (QED) is 0.419. The van der Waals surface area contributed by atoms with E-state index in [0.717, 1.165) is 31.3 Å². The van der Waals surface area contributed by atoms with Gasteiger partial charge in [0, 0.05) is 6.42 Å². The number of hydrogen-bond donors (Lipinski definition) is 0. The normalized spacial score (nSPS) is 22.0. The van der Waals surface area contributed by atoms with Gasteiger partial charge in [-0.3, -0.25) is 9.59 Å². The molecule has 2 aliphatic carbocycles. The van der Waals surface area contributed by atoms with Crippen molar-refractivity contribution in [2.45, 2.75) is 38.5 Å². The number of ether oxygens (including phenoxy) is 2. The topological polar surface area (TPSA) is 52.6 Å². The Kier molecular flexibility index (Phi) is 3.22. The number of methoxy groups -OCH3 is 2. The summed E-state index contributed by atoms with van der Waals surface area (Å²) < 4.78 is 9.50. The second kappa shape index (κ2) is 4.51. The van der Waals surface area contributed by atoms with Crippen molar-refractivity contribution in [3.8, 4) is 0 Å². The molecule has 94 valence electrons. The Morgan fingerprint density at radius 3 is 2.00 bits per heavy atom. The minimum absolute atomic E-state index is 0.475. The fourth-order valence-electron chi connectivity index (χ4n) is 2.75. The Morgan fingerprint density at radius 2 is 1.53 bits per heavy atom. The molecule has 0 aromatic heterocycles. The van der Waals surface area contributed by atoms with Gasteiger partial charge in [-0.15, -0.1) is 0 Å². The maximum atomic E-state index is 11.8. The molecule has 2 fully saturated rings. The summed E-state index contributed by atoms with van der Waals surface area (Å²) in [4.78, 5) is 23.6. The molecular formula is C13H18O4. The van der Waals surface area contributed by atoms with E-state index in [9.17, 15) is 9.59 Å². The van der Waals surface area contributed by atoms with Gasteiger partial charge in [0.2, 0.25) is 0 Å². The van der Waals surface area contributed by atoms with E-state index in [-0.39, 0.29) is 0 Å². The van der Waals surface area contributed by atoms with E-state index >= 15 is 0 Å². The van der Waals surface area contributed by atoms with Crippen molar-refractivity contribution in [2.75, 3.05) is 14.2 Å². The van der Waals surface area contributed by atoms with Gasteiger partial charge in [0.15, 0.2) is 5.41 Å². The van der Waals surface area contributed by atoms with Crippen molar-refractivity contribution in [1.82, 2.24) is 0 Å². The van der Waals surface area contributed by atoms with Crippen molar-refractivity contribution in [2.24, 2.45) is 5.41 Å². The first-order chi connectivity index (χ1) is 8.16. The van der Waals surface area contributed by atoms with Crippen LogP contribution >= 0.6 is 0 Å². The van der Waals surface area contributed by atoms with E-state index < -0.39 is 17.4 Å². The smallest absolute Gasteiger partial charge is 0.327 e. The van der Waals surface area contributed by atoms with Gasteiger partial charge < -0.3 is 9.47 Å². The number of esters is 2. The van der Waals surface area contributed by atoms with Crippen LogP contribution in [0.5, 0.6) is 0 Å². The molecule has 4 nitrogen and oxygen atoms in total. The summed E-state index contributed by atoms with van der Waals surface area (Å²) in [6.45, 7) is 0. The lowest BCUT2D eigenvalue weighted by molar-refractivity contribution is -0.160. The Bertz CT molecular complexity index is 357. The summed E-state index contributed by atoms with van der Waals surface area (Å²) in [5.41, 5.74) is 1.12. The minimum atomic E-state index is -1.10. The van der Waals surface area contributed by atoms with E-state index in [1.165, 1.54) is 26.2 Å². The van der Waals surface area contributed by atoms with Crippen molar-refractivity contribution in [3.05, 3.63) is 11.1 Å². The molecule has 0 unspecified atom stereocenters. The van der Waals surface area contributed by atoms with Gasteiger partial charge >= 0.3 is 11.9 Å². The van der Waals surface area contributed by atoms with Gasteiger partial charge in [-0.2, -0.15) is 0 Å². The molecule has 0 atom stereocenters. The zero-order valence-electron chi connectivity index (χ0n) is 10.4. The van der Waals surface area contributed by atoms with Crippen LogP contribution in [-0.4, -0.2) is 26.2 Å². The van der Waals surface area contributed by atoms with E-state index in [0.29, 0.717) is 6.42 Å². The SMILES string of the molecule is COC(=O)C1(C(=O)OC)CC1=C1CCCCC1. The summed E-state index contributed by atoms with van der Waals surface area (Å²) in [6.07, 6.45) is 6.03. The predicted octanol–water partition coefficient (Wildman–Crippen LogP) is 1.98. The fraction of sp³-hybridized carbons (Fsp3) is 0.692. The summed E-state index contributed by atoms with van der Waals surface area (Å²) in [6, 6.07) is 0. The lowest BCUT2D eigenvalue weighted by Crippen LogP contribution is -2.29. The lowest BCUT2D eigenvalue weighted by atomic mass is 9.92. The molecule has 0 saturated heterocycles. The van der Waals surface area contributed by atoms with Crippen LogP contribution < -0.4 is 0 Å². The fourth-order valence-corrected chi connectivity index (χ4v) is 2.75. The van der Waals surface area contributed by atoms with E-state index in [1.807, 2.05) is 0 Å². The second-order valence-corrected chi connectivity index (χ2v) is 4.71. The maximum Gasteiger partial charge on any atom is 0.327 e. The Hall–Kier alpha value is -1.32. The second-order valence-electron chi connectivity index (χ2n) is 4.71. The van der Waals surface area contributed by atoms with E-state index in [2.05, 4.69) is 0 Å². The number of hydrogen-bond acceptors (Lipinski definition) is 4. The van der Waals surface area contributed by atoms with Crippen LogP contribution in [0.2, 0.25) is 0 Å². The standard InChI is InChI=1S/C13H18O4/c1-16-11(14)13(12(15)17-2)8-10(13)9-6-4-3-5-7-9/h3-8H2,1-2H3. The highest BCUT2D eigenvalue weighted by Crippen LogP contribution is 2.57. The van der Waals surface area contributed by atoms with Crippen molar-refractivity contribution >= 4 is 11.9 Å². The molecule has 0 N–H and O–H groups in total. The predicted molar refractivity (Wildman–Crippen MR) is 61.2 cm³/mol. The Balaban J connectivity index is 2.28. The third kappa shape index (κ3) is 1.85. The van der Waals surface area contributed by atoms with Crippen molar-refractivity contribution in [1.29, 1.82) is 0 Å². The highest BCUT2D eigenvalue weighted by molar-refractivity contribution is 6.09. The molecule has 2 rings (SSSR count). The molecule has 0 radical (unpaired) electrons. The highest BCUT2D eigenvalue weighted by atomic mass is 16.5. The van der Waals surface area contributed by atoms with Gasteiger partial charge in [0.25, 0.3) is 0 Å². The van der Waals surface area contributed by atoms with Crippen LogP contribution in [-0.2, 0) is 19.1 Å². The number of carbonyl (C=O) groups is 2. The highest BCUT2D eigenvalue weighted by Gasteiger charge is 2.64. The van der Waals surface area contributed by atoms with Crippen LogP contribution in [0.3, 0.4) is 0 Å². The molecule has 0 amide bonds. The van der Waals surface area contributed by atoms with Crippen LogP contribution in [0, 0.1) is 5.41 Å². The van der Waals surface area contributed by atoms with Gasteiger partial charge in [-0.25, -0.2) is 0 Å². The summed E-state index contributed by atoms with van der Waals surface area (Å²) in [7, 11) is 2.63. The van der Waals surface area contributed by atoms with E-state index in [1.54, 1.807) is 0 Å². The Morgan fingerprint density at radius 1 is 1.00 bits per heavy atom. The number of carbonyl (C=O) groups excluding carboxylic acids is 2. The van der Waals surface area contributed by atoms with Crippen LogP contribution in [0.4, 0.5) is 0 Å². The summed E-state index contributed by atoms with van der Waals surface area (Å²) in [5, 5.41) is 0. The molecule has 0 spiro atoms. The molecule has 2 aliphatic rings. The van der Waals surface area contributed by atoms with E-state index in [4.69, 9.17) is 9.47 Å². The molecule has 0 aromatic rings. The van der Waals surface area contributed by atoms with Gasteiger partial charge in [0.1, 0.15) is 0 Å². The maximum absolute atomic E-state index is 11.8. The number of rotatable bonds is 2. The molecule has 2 saturated carbocycles. The van der Waals surface area contributed by atoms with Crippen LogP contribution in [0.25, 0.3) is 0 Å². The molecular weight excluding hydrogens is 220 g/mol. The Labute approximate surface area is 101 Å². The van der Waals surface area contributed by atoms with Crippen LogP contribution in [0.1, 0.15) is 38.5 Å². The van der Waals surface area contributed by atoms with Crippen molar-refractivity contribution in [3.63, 3.8) is 0 Å². The first-order valence-corrected chi connectivity index (χ1v) is 6.05. The molecule has 4 heteroatoms. The third-order valence-electron chi connectivity index (χ3n) is 3.78. The average Bonchev–Trinajstić information content (AvgIpc) is 3.14. The molecule has 0 aromatic carbocycles. The first kappa shape index (κ1) is 12.1. The lowest BCUT2D eigenvalue weighted by Gasteiger charge is -2.15. The van der Waals surface area contributed by atoms with Gasteiger partial charge in [0.05, 0.1) is 14.2 Å². The molecule has 0 heterocycles. The average molecular weight is 238 g/mol. The van der Waals surface area contributed by atoms with Crippen molar-refractivity contribution < 1.29 is 19.1 Å². The minimum Gasteiger partial charge on any atom is -0.468 e. The zero-order chi connectivity index (χ0) is 12.5. The summed E-state index contributed by atoms with van der Waals surface area (Å²) >= 11 is 0. The zero-order valence-corrected chi connectivity index (χ0v) is 10.4. The van der Waals surface area contributed by atoms with Crippen LogP contribution in [0.15, 0.2) is 11.1 Å². The largest absolute Gasteiger partial charge is 0.468 e. The molecule has 0 aliphatic heterocycles. The van der Waals surface area contributed by atoms with Gasteiger partial charge in [-0.05, 0) is 31.3 Å². The monoisotopic (exact) mass is 238 g/mol. The third-order valence-corrected chi connectivity index (χ3v) is 3.78. The molecule has 0 bridgehead atoms. The first-order valence-electron chi connectivity index (χ1n) is 6.05. The number of allylic oxidation sites excluding steroid dienone is 1. The summed E-state index contributed by atoms with van der Waals surface area (Å²) in [5.74, 6) is -0.949. The molecule has 17 heavy (non-hydrogen) atoms. The van der Waals surface area contributed by atoms with Gasteiger partial charge in [-0.1, -0.05) is 12.0 Å².